The van der Waals surface area contributed by atoms with Gasteiger partial charge in [-0.05, 0) is 24.5 Å². The zero-order valence-corrected chi connectivity index (χ0v) is 9.70. The van der Waals surface area contributed by atoms with Crippen LogP contribution in [0.1, 0.15) is 13.3 Å². The third-order valence-corrected chi connectivity index (χ3v) is 2.85. The van der Waals surface area contributed by atoms with Crippen LogP contribution in [0.2, 0.25) is 5.02 Å². The highest BCUT2D eigenvalue weighted by atomic mass is 35.5. The zero-order chi connectivity index (χ0) is 11.5. The van der Waals surface area contributed by atoms with E-state index in [4.69, 9.17) is 16.3 Å². The van der Waals surface area contributed by atoms with Crippen molar-refractivity contribution >= 4 is 23.3 Å². The molecule has 86 valence electrons. The normalized spacial score (nSPS) is 24.4. The number of hydrogen-bond donors (Lipinski definition) is 1. The first kappa shape index (κ1) is 11.4. The summed E-state index contributed by atoms with van der Waals surface area (Å²) in [5, 5.41) is 3.24. The van der Waals surface area contributed by atoms with Crippen LogP contribution in [0, 0.1) is 5.92 Å². The molecule has 2 atom stereocenters. The number of hydrogen-bond acceptors (Lipinski definition) is 3. The van der Waals surface area contributed by atoms with Crippen LogP contribution in [0.25, 0.3) is 0 Å². The lowest BCUT2D eigenvalue weighted by atomic mass is 10.0. The highest BCUT2D eigenvalue weighted by molar-refractivity contribution is 6.30. The molecule has 1 amide bonds. The first-order chi connectivity index (χ1) is 7.66. The molecule has 1 aromatic rings. The summed E-state index contributed by atoms with van der Waals surface area (Å²) in [5.41, 5.74) is 0. The van der Waals surface area contributed by atoms with Crippen LogP contribution >= 0.6 is 11.6 Å². The average Bonchev–Trinajstić information content (AvgIpc) is 2.64. The predicted molar refractivity (Wildman–Crippen MR) is 61.4 cm³/mol. The van der Waals surface area contributed by atoms with E-state index in [9.17, 15) is 4.79 Å². The van der Waals surface area contributed by atoms with Crippen LogP contribution in [-0.2, 0) is 9.53 Å². The number of carbonyl (C=O) groups is 1. The molecule has 1 fully saturated rings. The Kier molecular flexibility index (Phi) is 3.41. The van der Waals surface area contributed by atoms with Crippen molar-refractivity contribution in [1.29, 1.82) is 0 Å². The zero-order valence-electron chi connectivity index (χ0n) is 8.94. The highest BCUT2D eigenvalue weighted by Gasteiger charge is 2.30. The van der Waals surface area contributed by atoms with Crippen LogP contribution in [0.5, 0.6) is 0 Å². The van der Waals surface area contributed by atoms with E-state index >= 15 is 0 Å². The first-order valence-electron chi connectivity index (χ1n) is 5.21. The largest absolute Gasteiger partial charge is 0.368 e. The molecule has 1 aromatic heterocycles. The van der Waals surface area contributed by atoms with E-state index in [-0.39, 0.29) is 17.9 Å². The number of rotatable bonds is 2. The Labute approximate surface area is 99.0 Å². The molecular weight excluding hydrogens is 228 g/mol. The van der Waals surface area contributed by atoms with Gasteiger partial charge in [0, 0.05) is 17.8 Å². The van der Waals surface area contributed by atoms with Gasteiger partial charge in [0.05, 0.1) is 0 Å². The van der Waals surface area contributed by atoms with Gasteiger partial charge >= 0.3 is 0 Å². The van der Waals surface area contributed by atoms with Gasteiger partial charge in [-0.1, -0.05) is 18.5 Å². The van der Waals surface area contributed by atoms with Crippen LogP contribution < -0.4 is 5.32 Å². The van der Waals surface area contributed by atoms with Gasteiger partial charge in [-0.2, -0.15) is 0 Å². The maximum atomic E-state index is 11.8. The molecule has 2 unspecified atom stereocenters. The van der Waals surface area contributed by atoms with E-state index in [1.54, 1.807) is 18.3 Å². The molecule has 2 rings (SSSR count). The van der Waals surface area contributed by atoms with Crippen LogP contribution in [0.15, 0.2) is 18.3 Å². The van der Waals surface area contributed by atoms with Gasteiger partial charge in [-0.15, -0.1) is 0 Å². The minimum atomic E-state index is -0.374. The third kappa shape index (κ3) is 2.51. The van der Waals surface area contributed by atoms with E-state index in [0.29, 0.717) is 17.4 Å². The van der Waals surface area contributed by atoms with Crippen molar-refractivity contribution in [1.82, 2.24) is 4.98 Å². The number of carbonyl (C=O) groups excluding carboxylic acids is 1. The van der Waals surface area contributed by atoms with Crippen molar-refractivity contribution in [2.75, 3.05) is 11.9 Å². The summed E-state index contributed by atoms with van der Waals surface area (Å²) >= 11 is 5.79. The highest BCUT2D eigenvalue weighted by Crippen LogP contribution is 2.21. The Morgan fingerprint density at radius 1 is 1.69 bits per heavy atom. The Balaban J connectivity index is 2.02. The number of ether oxygens (including phenoxy) is 1. The molecule has 0 bridgehead atoms. The van der Waals surface area contributed by atoms with E-state index in [0.717, 1.165) is 6.42 Å². The summed E-state index contributed by atoms with van der Waals surface area (Å²) in [6.07, 6.45) is 2.10. The minimum Gasteiger partial charge on any atom is -0.368 e. The number of amides is 1. The van der Waals surface area contributed by atoms with Crippen LogP contribution in [-0.4, -0.2) is 23.6 Å². The summed E-state index contributed by atoms with van der Waals surface area (Å²) in [7, 11) is 0. The van der Waals surface area contributed by atoms with E-state index in [1.165, 1.54) is 0 Å². The molecule has 16 heavy (non-hydrogen) atoms. The number of halogens is 1. The van der Waals surface area contributed by atoms with Gasteiger partial charge in [0.1, 0.15) is 11.9 Å². The number of aromatic nitrogens is 1. The fourth-order valence-electron chi connectivity index (χ4n) is 1.70. The molecule has 0 aliphatic carbocycles. The van der Waals surface area contributed by atoms with Gasteiger partial charge in [0.15, 0.2) is 0 Å². The van der Waals surface area contributed by atoms with Crippen molar-refractivity contribution in [2.24, 2.45) is 5.92 Å². The minimum absolute atomic E-state index is 0.153. The number of nitrogens with zero attached hydrogens (tertiary/aromatic N) is 1. The topological polar surface area (TPSA) is 51.2 Å². The Bertz CT molecular complexity index is 397. The van der Waals surface area contributed by atoms with E-state index in [1.807, 2.05) is 6.92 Å². The summed E-state index contributed by atoms with van der Waals surface area (Å²) in [4.78, 5) is 15.8. The molecule has 0 spiro atoms. The SMILES string of the molecule is CC1CCOC1C(=O)Nc1cc(Cl)ccn1. The molecule has 5 heteroatoms. The standard InChI is InChI=1S/C11H13ClN2O2/c1-7-3-5-16-10(7)11(15)14-9-6-8(12)2-4-13-9/h2,4,6-7,10H,3,5H2,1H3,(H,13,14,15). The van der Waals surface area contributed by atoms with Crippen LogP contribution in [0.3, 0.4) is 0 Å². The van der Waals surface area contributed by atoms with Gasteiger partial charge in [0.2, 0.25) is 0 Å². The lowest BCUT2D eigenvalue weighted by Crippen LogP contribution is -2.31. The first-order valence-corrected chi connectivity index (χ1v) is 5.58. The molecule has 4 nitrogen and oxygen atoms in total. The molecule has 1 N–H and O–H groups in total. The Morgan fingerprint density at radius 3 is 3.12 bits per heavy atom. The monoisotopic (exact) mass is 240 g/mol. The maximum absolute atomic E-state index is 11.8. The Hall–Kier alpha value is -1.13. The summed E-state index contributed by atoms with van der Waals surface area (Å²) in [6.45, 7) is 2.64. The second kappa shape index (κ2) is 4.80. The van der Waals surface area contributed by atoms with Gasteiger partial charge in [0.25, 0.3) is 5.91 Å². The van der Waals surface area contributed by atoms with Crippen molar-refractivity contribution in [3.8, 4) is 0 Å². The fraction of sp³-hybridized carbons (Fsp3) is 0.455. The summed E-state index contributed by atoms with van der Waals surface area (Å²) < 4.78 is 5.36. The quantitative estimate of drug-likeness (QED) is 0.861. The summed E-state index contributed by atoms with van der Waals surface area (Å²) in [6, 6.07) is 3.27. The van der Waals surface area contributed by atoms with Gasteiger partial charge in [-0.25, -0.2) is 4.98 Å². The lowest BCUT2D eigenvalue weighted by molar-refractivity contribution is -0.126. The fourth-order valence-corrected chi connectivity index (χ4v) is 1.86. The molecule has 1 saturated heterocycles. The molecule has 0 aromatic carbocycles. The maximum Gasteiger partial charge on any atom is 0.254 e. The number of pyridine rings is 1. The van der Waals surface area contributed by atoms with E-state index < -0.39 is 0 Å². The third-order valence-electron chi connectivity index (χ3n) is 2.62. The van der Waals surface area contributed by atoms with Gasteiger partial charge in [-0.3, -0.25) is 4.79 Å². The molecule has 2 heterocycles. The molecule has 0 radical (unpaired) electrons. The molecule has 1 aliphatic heterocycles. The predicted octanol–water partition coefficient (Wildman–Crippen LogP) is 2.10. The second-order valence-electron chi connectivity index (χ2n) is 3.91. The smallest absolute Gasteiger partial charge is 0.254 e. The molecule has 1 aliphatic rings. The van der Waals surface area contributed by atoms with Crippen molar-refractivity contribution in [3.63, 3.8) is 0 Å². The lowest BCUT2D eigenvalue weighted by Gasteiger charge is -2.13. The Morgan fingerprint density at radius 2 is 2.50 bits per heavy atom. The van der Waals surface area contributed by atoms with Crippen molar-refractivity contribution in [2.45, 2.75) is 19.4 Å². The number of anilines is 1. The average molecular weight is 241 g/mol. The van der Waals surface area contributed by atoms with Crippen molar-refractivity contribution in [3.05, 3.63) is 23.4 Å². The van der Waals surface area contributed by atoms with Crippen LogP contribution in [0.4, 0.5) is 5.82 Å². The van der Waals surface area contributed by atoms with Crippen molar-refractivity contribution < 1.29 is 9.53 Å². The molecular formula is C11H13ClN2O2. The second-order valence-corrected chi connectivity index (χ2v) is 4.34. The molecule has 0 saturated carbocycles. The van der Waals surface area contributed by atoms with E-state index in [2.05, 4.69) is 10.3 Å². The number of nitrogens with one attached hydrogen (secondary N) is 1. The van der Waals surface area contributed by atoms with Gasteiger partial charge < -0.3 is 10.1 Å². The summed E-state index contributed by atoms with van der Waals surface area (Å²) in [5.74, 6) is 0.555.